The maximum atomic E-state index is 9.12. The average molecular weight is 173 g/mol. The van der Waals surface area contributed by atoms with E-state index in [1.165, 1.54) is 0 Å². The van der Waals surface area contributed by atoms with E-state index in [1.807, 2.05) is 0 Å². The van der Waals surface area contributed by atoms with Crippen molar-refractivity contribution in [3.63, 3.8) is 0 Å². The highest BCUT2D eigenvalue weighted by Gasteiger charge is 2.24. The topological polar surface area (TPSA) is 66.5 Å². The van der Waals surface area contributed by atoms with Gasteiger partial charge in [0.05, 0.1) is 12.2 Å². The van der Waals surface area contributed by atoms with Crippen molar-refractivity contribution in [1.82, 2.24) is 0 Å². The number of hydrogen-bond donors (Lipinski definition) is 3. The lowest BCUT2D eigenvalue weighted by Crippen LogP contribution is -2.42. The van der Waals surface area contributed by atoms with Crippen LogP contribution >= 0.6 is 0 Å². The van der Waals surface area contributed by atoms with Crippen molar-refractivity contribution < 1.29 is 10.2 Å². The number of rotatable bonds is 5. The molecule has 12 heavy (non-hydrogen) atoms. The van der Waals surface area contributed by atoms with Crippen molar-refractivity contribution in [2.24, 2.45) is 5.73 Å². The molecule has 0 aliphatic heterocycles. The van der Waals surface area contributed by atoms with Crippen molar-refractivity contribution in [3.8, 4) is 0 Å². The predicted octanol–water partition coefficient (Wildman–Crippen LogP) is 0.412. The molecule has 0 aromatic heterocycles. The summed E-state index contributed by atoms with van der Waals surface area (Å²) in [4.78, 5) is 0. The van der Waals surface area contributed by atoms with Gasteiger partial charge >= 0.3 is 0 Å². The molecule has 0 bridgehead atoms. The molecule has 72 valence electrons. The Bertz CT molecular complexity index is 133. The summed E-state index contributed by atoms with van der Waals surface area (Å²) in [6.45, 7) is 6.94. The van der Waals surface area contributed by atoms with Crippen molar-refractivity contribution >= 4 is 0 Å². The molecule has 0 saturated carbocycles. The first kappa shape index (κ1) is 11.6. The van der Waals surface area contributed by atoms with Crippen LogP contribution in [0.5, 0.6) is 0 Å². The zero-order chi connectivity index (χ0) is 9.78. The first-order valence-corrected chi connectivity index (χ1v) is 4.18. The van der Waals surface area contributed by atoms with Gasteiger partial charge in [0.15, 0.2) is 0 Å². The van der Waals surface area contributed by atoms with Gasteiger partial charge in [-0.25, -0.2) is 0 Å². The van der Waals surface area contributed by atoms with Crippen molar-refractivity contribution in [2.75, 3.05) is 0 Å². The van der Waals surface area contributed by atoms with E-state index >= 15 is 0 Å². The Morgan fingerprint density at radius 1 is 1.33 bits per heavy atom. The molecule has 0 rings (SSSR count). The Morgan fingerprint density at radius 2 is 1.67 bits per heavy atom. The van der Waals surface area contributed by atoms with E-state index in [1.54, 1.807) is 19.9 Å². The maximum absolute atomic E-state index is 9.12. The van der Waals surface area contributed by atoms with Gasteiger partial charge in [0.25, 0.3) is 0 Å². The van der Waals surface area contributed by atoms with Crippen LogP contribution < -0.4 is 5.73 Å². The Morgan fingerprint density at radius 3 is 1.83 bits per heavy atom. The smallest absolute Gasteiger partial charge is 0.0532 e. The zero-order valence-corrected chi connectivity index (χ0v) is 7.83. The minimum atomic E-state index is -0.650. The fourth-order valence-corrected chi connectivity index (χ4v) is 1.35. The molecule has 0 aliphatic rings. The minimum Gasteiger partial charge on any atom is -0.393 e. The van der Waals surface area contributed by atoms with Gasteiger partial charge in [0.2, 0.25) is 0 Å². The van der Waals surface area contributed by atoms with Crippen molar-refractivity contribution in [1.29, 1.82) is 0 Å². The van der Waals surface area contributed by atoms with Gasteiger partial charge in [0.1, 0.15) is 0 Å². The van der Waals surface area contributed by atoms with Gasteiger partial charge in [-0.05, 0) is 26.7 Å². The van der Waals surface area contributed by atoms with Crippen LogP contribution in [0.4, 0.5) is 0 Å². The van der Waals surface area contributed by atoms with Gasteiger partial charge in [-0.2, -0.15) is 0 Å². The highest BCUT2D eigenvalue weighted by Crippen LogP contribution is 2.17. The number of nitrogens with two attached hydrogens (primary N) is 1. The summed E-state index contributed by atoms with van der Waals surface area (Å²) >= 11 is 0. The molecule has 2 atom stereocenters. The third kappa shape index (κ3) is 4.49. The van der Waals surface area contributed by atoms with Crippen molar-refractivity contribution in [3.05, 3.63) is 12.7 Å². The second-order valence-electron chi connectivity index (χ2n) is 3.54. The molecule has 0 spiro atoms. The first-order chi connectivity index (χ1) is 5.39. The van der Waals surface area contributed by atoms with E-state index in [9.17, 15) is 0 Å². The Balaban J connectivity index is 4.14. The van der Waals surface area contributed by atoms with Gasteiger partial charge in [-0.15, -0.1) is 6.58 Å². The molecule has 0 aromatic rings. The van der Waals surface area contributed by atoms with Crippen LogP contribution in [0.2, 0.25) is 0 Å². The standard InChI is InChI=1S/C9H19NO2/c1-4-9(10,5-7(2)11)6-8(3)12/h4,7-8,11-12H,1,5-6,10H2,2-3H3. The fourth-order valence-electron chi connectivity index (χ4n) is 1.35. The summed E-state index contributed by atoms with van der Waals surface area (Å²) < 4.78 is 0. The molecule has 0 fully saturated rings. The SMILES string of the molecule is C=CC(N)(CC(C)O)CC(C)O. The van der Waals surface area contributed by atoms with Crippen LogP contribution in [0, 0.1) is 0 Å². The Hall–Kier alpha value is -0.380. The number of aliphatic hydroxyl groups is 2. The molecule has 3 heteroatoms. The van der Waals surface area contributed by atoms with E-state index in [-0.39, 0.29) is 0 Å². The summed E-state index contributed by atoms with van der Waals surface area (Å²) in [5.41, 5.74) is 5.21. The molecule has 0 aliphatic carbocycles. The summed E-state index contributed by atoms with van der Waals surface area (Å²) in [7, 11) is 0. The molecule has 0 heterocycles. The van der Waals surface area contributed by atoms with Crippen LogP contribution in [0.25, 0.3) is 0 Å². The van der Waals surface area contributed by atoms with Gasteiger partial charge in [0, 0.05) is 5.54 Å². The largest absolute Gasteiger partial charge is 0.393 e. The highest BCUT2D eigenvalue weighted by atomic mass is 16.3. The zero-order valence-electron chi connectivity index (χ0n) is 7.83. The van der Waals surface area contributed by atoms with Gasteiger partial charge in [-0.3, -0.25) is 0 Å². The molecular weight excluding hydrogens is 154 g/mol. The van der Waals surface area contributed by atoms with Crippen molar-refractivity contribution in [2.45, 2.75) is 44.4 Å². The molecule has 4 N–H and O–H groups in total. The van der Waals surface area contributed by atoms with E-state index in [0.29, 0.717) is 12.8 Å². The molecule has 0 aromatic carbocycles. The van der Waals surface area contributed by atoms with Gasteiger partial charge in [-0.1, -0.05) is 6.08 Å². The second kappa shape index (κ2) is 4.60. The van der Waals surface area contributed by atoms with E-state index in [4.69, 9.17) is 15.9 Å². The number of hydrogen-bond acceptors (Lipinski definition) is 3. The first-order valence-electron chi connectivity index (χ1n) is 4.18. The predicted molar refractivity (Wildman–Crippen MR) is 49.7 cm³/mol. The molecular formula is C9H19NO2. The van der Waals surface area contributed by atoms with Crippen LogP contribution in [-0.4, -0.2) is 28.0 Å². The third-order valence-corrected chi connectivity index (χ3v) is 1.76. The summed E-state index contributed by atoms with van der Waals surface area (Å²) in [5, 5.41) is 18.2. The molecule has 0 radical (unpaired) electrons. The molecule has 0 amide bonds. The average Bonchev–Trinajstić information content (AvgIpc) is 1.83. The molecule has 0 saturated heterocycles. The van der Waals surface area contributed by atoms with Crippen LogP contribution in [0.15, 0.2) is 12.7 Å². The lowest BCUT2D eigenvalue weighted by Gasteiger charge is -2.28. The summed E-state index contributed by atoms with van der Waals surface area (Å²) in [6, 6.07) is 0. The second-order valence-corrected chi connectivity index (χ2v) is 3.54. The van der Waals surface area contributed by atoms with Crippen LogP contribution in [0.1, 0.15) is 26.7 Å². The normalized spacial score (nSPS) is 21.1. The lowest BCUT2D eigenvalue weighted by atomic mass is 9.88. The van der Waals surface area contributed by atoms with E-state index in [0.717, 1.165) is 0 Å². The summed E-state index contributed by atoms with van der Waals surface area (Å²) in [5.74, 6) is 0. The fraction of sp³-hybridized carbons (Fsp3) is 0.778. The molecule has 2 unspecified atom stereocenters. The molecule has 3 nitrogen and oxygen atoms in total. The van der Waals surface area contributed by atoms with E-state index in [2.05, 4.69) is 6.58 Å². The van der Waals surface area contributed by atoms with Gasteiger partial charge < -0.3 is 15.9 Å². The lowest BCUT2D eigenvalue weighted by molar-refractivity contribution is 0.121. The van der Waals surface area contributed by atoms with E-state index < -0.39 is 17.7 Å². The Kier molecular flexibility index (Phi) is 4.45. The summed E-state index contributed by atoms with van der Waals surface area (Å²) in [6.07, 6.45) is 1.52. The Labute approximate surface area is 73.9 Å². The highest BCUT2D eigenvalue weighted by molar-refractivity contribution is 5.01. The monoisotopic (exact) mass is 173 g/mol. The van der Waals surface area contributed by atoms with Crippen LogP contribution in [0.3, 0.4) is 0 Å². The third-order valence-electron chi connectivity index (χ3n) is 1.76. The maximum Gasteiger partial charge on any atom is 0.0532 e. The quantitative estimate of drug-likeness (QED) is 0.528. The minimum absolute atomic E-state index is 0.432. The number of aliphatic hydroxyl groups excluding tert-OH is 2. The van der Waals surface area contributed by atoms with Crippen LogP contribution in [-0.2, 0) is 0 Å².